The summed E-state index contributed by atoms with van der Waals surface area (Å²) in [5.41, 5.74) is 1.95. The molecule has 1 atom stereocenters. The molecule has 2 heterocycles. The zero-order valence-electron chi connectivity index (χ0n) is 11.2. The predicted octanol–water partition coefficient (Wildman–Crippen LogP) is 1.53. The van der Waals surface area contributed by atoms with Gasteiger partial charge >= 0.3 is 11.7 Å². The maximum Gasteiger partial charge on any atom is 0.360 e. The minimum atomic E-state index is 0.198. The van der Waals surface area contributed by atoms with Crippen LogP contribution in [-0.4, -0.2) is 29.4 Å². The Hall–Kier alpha value is -1.74. The molecule has 3 rings (SSSR count). The normalized spacial score (nSPS) is 22.5. The monoisotopic (exact) mass is 256 g/mol. The number of fused-ring (bicyclic) bond motifs is 2. The van der Waals surface area contributed by atoms with Crippen molar-refractivity contribution >= 4 is 17.4 Å². The van der Waals surface area contributed by atoms with Crippen molar-refractivity contribution in [2.75, 3.05) is 13.1 Å². The summed E-state index contributed by atoms with van der Waals surface area (Å²) in [7, 11) is 0. The highest BCUT2D eigenvalue weighted by Crippen LogP contribution is 2.23. The Bertz CT molecular complexity index is 560. The van der Waals surface area contributed by atoms with Gasteiger partial charge in [-0.2, -0.15) is 4.90 Å². The average molecular weight is 256 g/mol. The molecule has 3 heteroatoms. The Morgan fingerprint density at radius 2 is 2.11 bits per heavy atom. The van der Waals surface area contributed by atoms with E-state index in [2.05, 4.69) is 17.2 Å². The Kier molecular flexibility index (Phi) is 3.30. The van der Waals surface area contributed by atoms with Gasteiger partial charge in [-0.15, -0.1) is 4.58 Å². The number of carbonyl (C=O) groups excluding carboxylic acids is 1. The van der Waals surface area contributed by atoms with Crippen LogP contribution >= 0.6 is 0 Å². The van der Waals surface area contributed by atoms with Gasteiger partial charge in [0, 0.05) is 12.5 Å². The van der Waals surface area contributed by atoms with E-state index in [9.17, 15) is 4.79 Å². The fraction of sp³-hybridized carbons (Fsp3) is 0.375. The molecule has 0 saturated heterocycles. The summed E-state index contributed by atoms with van der Waals surface area (Å²) >= 11 is 0. The number of hydrogen-bond acceptors (Lipinski definition) is 1. The van der Waals surface area contributed by atoms with Crippen LogP contribution in [0.4, 0.5) is 5.69 Å². The molecule has 98 valence electrons. The van der Waals surface area contributed by atoms with Crippen molar-refractivity contribution in [2.45, 2.75) is 25.7 Å². The summed E-state index contributed by atoms with van der Waals surface area (Å²) in [6, 6.07) is 7.99. The van der Waals surface area contributed by atoms with E-state index in [1.807, 2.05) is 24.3 Å². The van der Waals surface area contributed by atoms with E-state index < -0.39 is 0 Å². The fourth-order valence-corrected chi connectivity index (χ4v) is 3.14. The third-order valence-corrected chi connectivity index (χ3v) is 4.03. The first kappa shape index (κ1) is 12.3. The standard InChI is InChI=1S/C16H19N2O/c1-2-11-18-15-10-4-3-7-12-17(15)14-9-6-5-8-13(14)16(18)19/h2,5-6,8-9H,1,3-4,7,10-12H2/q+1/p+1. The highest BCUT2D eigenvalue weighted by molar-refractivity contribution is 5.99. The van der Waals surface area contributed by atoms with E-state index in [1.165, 1.54) is 25.1 Å². The summed E-state index contributed by atoms with van der Waals surface area (Å²) in [5.74, 6) is 1.43. The lowest BCUT2D eigenvalue weighted by atomic mass is 10.1. The fourth-order valence-electron chi connectivity index (χ4n) is 3.14. The molecular weight excluding hydrogens is 236 g/mol. The molecule has 0 aromatic heterocycles. The molecule has 2 aliphatic heterocycles. The highest BCUT2D eigenvalue weighted by Gasteiger charge is 2.42. The van der Waals surface area contributed by atoms with Gasteiger partial charge in [0.2, 0.25) is 5.69 Å². The second kappa shape index (κ2) is 5.10. The van der Waals surface area contributed by atoms with E-state index in [1.54, 1.807) is 0 Å². The lowest BCUT2D eigenvalue weighted by molar-refractivity contribution is -0.744. The molecule has 1 amide bonds. The SMILES string of the molecule is C=CC[NH+]1C(=O)c2ccccc2[N+]2=C1CCCCC2. The zero-order valence-corrected chi connectivity index (χ0v) is 11.2. The molecule has 0 saturated carbocycles. The van der Waals surface area contributed by atoms with Gasteiger partial charge in [0.05, 0.1) is 6.42 Å². The second-order valence-corrected chi connectivity index (χ2v) is 5.23. The van der Waals surface area contributed by atoms with Gasteiger partial charge in [0.1, 0.15) is 6.54 Å². The molecule has 0 aliphatic carbocycles. The Morgan fingerprint density at radius 3 is 2.95 bits per heavy atom. The smallest absolute Gasteiger partial charge is 0.225 e. The lowest BCUT2D eigenvalue weighted by Gasteiger charge is -2.20. The molecule has 0 radical (unpaired) electrons. The van der Waals surface area contributed by atoms with Crippen LogP contribution in [0.15, 0.2) is 36.9 Å². The van der Waals surface area contributed by atoms with Crippen LogP contribution in [0.3, 0.4) is 0 Å². The third-order valence-electron chi connectivity index (χ3n) is 4.03. The van der Waals surface area contributed by atoms with Crippen LogP contribution in [0.5, 0.6) is 0 Å². The number of benzene rings is 1. The number of hydrogen-bond donors (Lipinski definition) is 1. The summed E-state index contributed by atoms with van der Waals surface area (Å²) in [5, 5.41) is 0. The third kappa shape index (κ3) is 2.04. The maximum atomic E-state index is 12.6. The van der Waals surface area contributed by atoms with Crippen molar-refractivity contribution in [3.8, 4) is 0 Å². The van der Waals surface area contributed by atoms with Crippen LogP contribution < -0.4 is 4.90 Å². The molecule has 0 bridgehead atoms. The van der Waals surface area contributed by atoms with Crippen molar-refractivity contribution in [2.24, 2.45) is 0 Å². The number of amidine groups is 1. The van der Waals surface area contributed by atoms with Gasteiger partial charge in [-0.25, -0.2) is 4.79 Å². The van der Waals surface area contributed by atoms with Crippen LogP contribution in [0.2, 0.25) is 0 Å². The van der Waals surface area contributed by atoms with Crippen molar-refractivity contribution in [1.82, 2.24) is 0 Å². The summed E-state index contributed by atoms with van der Waals surface area (Å²) < 4.78 is 2.36. The molecule has 1 unspecified atom stereocenters. The quantitative estimate of drug-likeness (QED) is 0.630. The van der Waals surface area contributed by atoms with Crippen molar-refractivity contribution in [3.05, 3.63) is 42.5 Å². The number of nitrogens with zero attached hydrogens (tertiary/aromatic N) is 1. The summed E-state index contributed by atoms with van der Waals surface area (Å²) in [6.45, 7) is 5.51. The lowest BCUT2D eigenvalue weighted by Crippen LogP contribution is -3.18. The number of carbonyl (C=O) groups is 1. The van der Waals surface area contributed by atoms with E-state index in [4.69, 9.17) is 0 Å². The van der Waals surface area contributed by atoms with Crippen LogP contribution in [-0.2, 0) is 0 Å². The molecule has 2 aliphatic rings. The molecule has 19 heavy (non-hydrogen) atoms. The van der Waals surface area contributed by atoms with Crippen molar-refractivity contribution in [3.63, 3.8) is 0 Å². The van der Waals surface area contributed by atoms with Gasteiger partial charge in [-0.1, -0.05) is 18.7 Å². The maximum absolute atomic E-state index is 12.6. The largest absolute Gasteiger partial charge is 0.360 e. The average Bonchev–Trinajstić information content (AvgIpc) is 2.69. The van der Waals surface area contributed by atoms with Crippen molar-refractivity contribution < 1.29 is 14.3 Å². The van der Waals surface area contributed by atoms with Crippen molar-refractivity contribution in [1.29, 1.82) is 0 Å². The molecule has 0 fully saturated rings. The topological polar surface area (TPSA) is 24.5 Å². The highest BCUT2D eigenvalue weighted by atomic mass is 16.2. The zero-order chi connectivity index (χ0) is 13.2. The predicted molar refractivity (Wildman–Crippen MR) is 75.1 cm³/mol. The Morgan fingerprint density at radius 1 is 1.26 bits per heavy atom. The molecule has 1 aromatic carbocycles. The van der Waals surface area contributed by atoms with Crippen LogP contribution in [0.1, 0.15) is 36.0 Å². The number of quaternary nitrogens is 1. The molecule has 0 spiro atoms. The Labute approximate surface area is 113 Å². The number of rotatable bonds is 2. The first-order valence-electron chi connectivity index (χ1n) is 7.07. The summed E-state index contributed by atoms with van der Waals surface area (Å²) in [6.07, 6.45) is 6.49. The van der Waals surface area contributed by atoms with E-state index in [-0.39, 0.29) is 5.91 Å². The Balaban J connectivity index is 2.16. The van der Waals surface area contributed by atoms with E-state index in [0.29, 0.717) is 6.54 Å². The van der Waals surface area contributed by atoms with E-state index in [0.717, 1.165) is 29.1 Å². The van der Waals surface area contributed by atoms with Gasteiger partial charge in [-0.3, -0.25) is 0 Å². The van der Waals surface area contributed by atoms with Crippen LogP contribution in [0, 0.1) is 0 Å². The minimum absolute atomic E-state index is 0.198. The first-order chi connectivity index (χ1) is 9.33. The van der Waals surface area contributed by atoms with Gasteiger partial charge in [0.25, 0.3) is 0 Å². The second-order valence-electron chi connectivity index (χ2n) is 5.23. The van der Waals surface area contributed by atoms with Crippen LogP contribution in [0.25, 0.3) is 0 Å². The molecular formula is C16H20N2O+2. The van der Waals surface area contributed by atoms with Gasteiger partial charge in [0.15, 0.2) is 12.1 Å². The number of nitrogens with one attached hydrogen (secondary N) is 1. The van der Waals surface area contributed by atoms with Gasteiger partial charge < -0.3 is 0 Å². The first-order valence-corrected chi connectivity index (χ1v) is 7.07. The molecule has 3 nitrogen and oxygen atoms in total. The minimum Gasteiger partial charge on any atom is -0.225 e. The molecule has 1 N–H and O–H groups in total. The van der Waals surface area contributed by atoms with Gasteiger partial charge in [-0.05, 0) is 25.0 Å². The molecule has 1 aromatic rings. The van der Waals surface area contributed by atoms with E-state index >= 15 is 0 Å². The number of para-hydroxylation sites is 1. The summed E-state index contributed by atoms with van der Waals surface area (Å²) in [4.78, 5) is 13.6. The number of amides is 1.